The molecule has 6 rings (SSSR count). The molecule has 2 saturated carbocycles. The second-order valence-corrected chi connectivity index (χ2v) is 16.4. The Morgan fingerprint density at radius 2 is 1.77 bits per heavy atom. The van der Waals surface area contributed by atoms with Gasteiger partial charge in [-0.15, -0.1) is 0 Å². The maximum Gasteiger partial charge on any atom is 0.193 e. The normalized spacial score (nSPS) is 40.3. The van der Waals surface area contributed by atoms with Crippen LogP contribution in [0.5, 0.6) is 0 Å². The summed E-state index contributed by atoms with van der Waals surface area (Å²) >= 11 is 0. The zero-order valence-electron chi connectivity index (χ0n) is 19.8. The van der Waals surface area contributed by atoms with Gasteiger partial charge in [-0.05, 0) is 36.5 Å². The smallest absolute Gasteiger partial charge is 0.193 e. The van der Waals surface area contributed by atoms with Crippen LogP contribution in [-0.2, 0) is 18.8 Å². The van der Waals surface area contributed by atoms with Gasteiger partial charge in [-0.1, -0.05) is 69.2 Å². The predicted octanol–water partition coefficient (Wildman–Crippen LogP) is 5.79. The highest BCUT2D eigenvalue weighted by atomic mass is 28.4. The van der Waals surface area contributed by atoms with E-state index in [1.807, 2.05) is 0 Å². The molecule has 5 aliphatic rings. The summed E-state index contributed by atoms with van der Waals surface area (Å²) < 4.78 is 13.9. The van der Waals surface area contributed by atoms with Crippen LogP contribution >= 0.6 is 0 Å². The lowest BCUT2D eigenvalue weighted by atomic mass is 9.77. The Bertz CT molecular complexity index is 765. The standard InChI is InChI=1S/C25H39NO4Si/c1-24(2,3)31(4,5)29-22-16-25(15-19-17-27-26(30-25)23(19)22)28-21-14-10-9-13-20(21)18-11-7-6-8-12-18/h6-8,11-12,19-23H,9-10,13-17H2,1-5H3/t19-,20-,21+,22+,23+,25-/m0/s1. The van der Waals surface area contributed by atoms with Crippen molar-refractivity contribution >= 4 is 8.32 Å². The number of ether oxygens (including phenoxy) is 1. The van der Waals surface area contributed by atoms with E-state index < -0.39 is 14.1 Å². The molecule has 3 aliphatic heterocycles. The van der Waals surface area contributed by atoms with Gasteiger partial charge < -0.3 is 9.16 Å². The molecule has 0 aromatic heterocycles. The molecule has 0 spiro atoms. The van der Waals surface area contributed by atoms with Gasteiger partial charge in [0.15, 0.2) is 14.1 Å². The highest BCUT2D eigenvalue weighted by molar-refractivity contribution is 6.74. The van der Waals surface area contributed by atoms with Crippen LogP contribution in [0, 0.1) is 5.92 Å². The summed E-state index contributed by atoms with van der Waals surface area (Å²) in [5, 5.41) is 1.92. The lowest BCUT2D eigenvalue weighted by Crippen LogP contribution is -2.66. The van der Waals surface area contributed by atoms with E-state index in [2.05, 4.69) is 64.2 Å². The van der Waals surface area contributed by atoms with Crippen molar-refractivity contribution in [1.82, 2.24) is 5.23 Å². The van der Waals surface area contributed by atoms with Crippen molar-refractivity contribution in [2.24, 2.45) is 5.92 Å². The van der Waals surface area contributed by atoms with Crippen molar-refractivity contribution in [3.63, 3.8) is 0 Å². The number of fused-ring (bicyclic) bond motifs is 1. The van der Waals surface area contributed by atoms with Crippen molar-refractivity contribution in [3.05, 3.63) is 35.9 Å². The van der Waals surface area contributed by atoms with Gasteiger partial charge in [0.1, 0.15) is 0 Å². The van der Waals surface area contributed by atoms with Gasteiger partial charge in [0.25, 0.3) is 0 Å². The van der Waals surface area contributed by atoms with E-state index in [0.29, 0.717) is 18.4 Å². The molecule has 4 bridgehead atoms. The van der Waals surface area contributed by atoms with E-state index in [-0.39, 0.29) is 23.3 Å². The number of hydrogen-bond donors (Lipinski definition) is 0. The third-order valence-corrected chi connectivity index (χ3v) is 12.9. The average Bonchev–Trinajstić information content (AvgIpc) is 3.03. The van der Waals surface area contributed by atoms with Gasteiger partial charge >= 0.3 is 0 Å². The van der Waals surface area contributed by atoms with E-state index in [1.165, 1.54) is 24.8 Å². The molecule has 0 amide bonds. The van der Waals surface area contributed by atoms with Crippen LogP contribution in [0.3, 0.4) is 0 Å². The number of benzene rings is 1. The highest BCUT2D eigenvalue weighted by Gasteiger charge is 2.63. The quantitative estimate of drug-likeness (QED) is 0.537. The average molecular weight is 446 g/mol. The monoisotopic (exact) mass is 445 g/mol. The summed E-state index contributed by atoms with van der Waals surface area (Å²) in [6.07, 6.45) is 6.76. The Morgan fingerprint density at radius 3 is 2.48 bits per heavy atom. The molecule has 172 valence electrons. The minimum Gasteiger partial charge on any atom is -0.412 e. The minimum atomic E-state index is -1.91. The number of rotatable bonds is 5. The van der Waals surface area contributed by atoms with Crippen molar-refractivity contribution in [2.45, 2.75) is 107 Å². The fraction of sp³-hybridized carbons (Fsp3) is 0.760. The second-order valence-electron chi connectivity index (χ2n) is 11.6. The fourth-order valence-corrected chi connectivity index (χ4v) is 7.09. The molecular formula is C25H39NO4Si. The summed E-state index contributed by atoms with van der Waals surface area (Å²) in [5.41, 5.74) is 1.39. The van der Waals surface area contributed by atoms with Gasteiger partial charge in [-0.2, -0.15) is 0 Å². The Morgan fingerprint density at radius 1 is 1.03 bits per heavy atom. The zero-order valence-corrected chi connectivity index (χ0v) is 20.8. The molecule has 5 nitrogen and oxygen atoms in total. The van der Waals surface area contributed by atoms with Gasteiger partial charge in [0.2, 0.25) is 0 Å². The van der Waals surface area contributed by atoms with E-state index in [9.17, 15) is 0 Å². The molecule has 0 radical (unpaired) electrons. The lowest BCUT2D eigenvalue weighted by Gasteiger charge is -2.55. The third kappa shape index (κ3) is 4.04. The van der Waals surface area contributed by atoms with E-state index in [1.54, 1.807) is 5.23 Å². The largest absolute Gasteiger partial charge is 0.412 e. The van der Waals surface area contributed by atoms with Crippen LogP contribution in [0.4, 0.5) is 0 Å². The predicted molar refractivity (Wildman–Crippen MR) is 123 cm³/mol. The van der Waals surface area contributed by atoms with Crippen LogP contribution in [0.1, 0.15) is 70.8 Å². The topological polar surface area (TPSA) is 40.2 Å². The first-order chi connectivity index (χ1) is 14.7. The van der Waals surface area contributed by atoms with Crippen LogP contribution in [-0.4, -0.2) is 44.2 Å². The van der Waals surface area contributed by atoms with Crippen LogP contribution in [0.15, 0.2) is 30.3 Å². The molecule has 1 aromatic rings. The van der Waals surface area contributed by atoms with Crippen molar-refractivity contribution < 1.29 is 18.8 Å². The Hall–Kier alpha value is -0.763. The van der Waals surface area contributed by atoms with Gasteiger partial charge in [-0.25, -0.2) is 4.84 Å². The molecule has 2 aliphatic carbocycles. The molecule has 1 unspecified atom stereocenters. The SMILES string of the molecule is CC(C)(C)[Si](C)(C)O[C@@H]1C[C@]2(O[C@@H]3CCCC[C@H]3c3ccccc3)C[C@H]3CON(O2)[C@H]31. The van der Waals surface area contributed by atoms with Gasteiger partial charge in [0.05, 0.1) is 24.9 Å². The highest BCUT2D eigenvalue weighted by Crippen LogP contribution is 2.53. The first-order valence-electron chi connectivity index (χ1n) is 12.2. The molecule has 7 atom stereocenters. The zero-order chi connectivity index (χ0) is 21.9. The molecule has 31 heavy (non-hydrogen) atoms. The Balaban J connectivity index is 1.38. The maximum atomic E-state index is 6.98. The first-order valence-corrected chi connectivity index (χ1v) is 15.1. The molecule has 5 fully saturated rings. The summed E-state index contributed by atoms with van der Waals surface area (Å²) in [4.78, 5) is 12.3. The lowest BCUT2D eigenvalue weighted by molar-refractivity contribution is -0.494. The molecule has 6 heteroatoms. The summed E-state index contributed by atoms with van der Waals surface area (Å²) in [6, 6.07) is 11.1. The Labute approximate surface area is 188 Å². The van der Waals surface area contributed by atoms with Crippen LogP contribution in [0.2, 0.25) is 18.1 Å². The molecule has 3 heterocycles. The molecule has 3 saturated heterocycles. The number of hydrogen-bond acceptors (Lipinski definition) is 5. The fourth-order valence-electron chi connectivity index (χ4n) is 5.76. The second kappa shape index (κ2) is 7.92. The van der Waals surface area contributed by atoms with Crippen molar-refractivity contribution in [2.75, 3.05) is 6.61 Å². The summed E-state index contributed by atoms with van der Waals surface area (Å²) in [6.45, 7) is 12.3. The van der Waals surface area contributed by atoms with Crippen LogP contribution in [0.25, 0.3) is 0 Å². The third-order valence-electron chi connectivity index (χ3n) is 8.41. The van der Waals surface area contributed by atoms with Crippen molar-refractivity contribution in [1.29, 1.82) is 0 Å². The van der Waals surface area contributed by atoms with Crippen LogP contribution < -0.4 is 0 Å². The number of hydroxylamine groups is 2. The molecular weight excluding hydrogens is 406 g/mol. The molecule has 1 aromatic carbocycles. The van der Waals surface area contributed by atoms with Gasteiger partial charge in [0, 0.05) is 24.7 Å². The maximum absolute atomic E-state index is 6.98. The first kappa shape index (κ1) is 22.1. The molecule has 0 N–H and O–H groups in total. The van der Waals surface area contributed by atoms with E-state index in [0.717, 1.165) is 19.3 Å². The van der Waals surface area contributed by atoms with E-state index >= 15 is 0 Å². The number of nitrogens with zero attached hydrogens (tertiary/aromatic N) is 1. The minimum absolute atomic E-state index is 0.106. The summed E-state index contributed by atoms with van der Waals surface area (Å²) in [5.74, 6) is 0.217. The van der Waals surface area contributed by atoms with E-state index in [4.69, 9.17) is 18.8 Å². The van der Waals surface area contributed by atoms with Gasteiger partial charge in [-0.3, -0.25) is 4.84 Å². The summed E-state index contributed by atoms with van der Waals surface area (Å²) in [7, 11) is -1.91. The van der Waals surface area contributed by atoms with Crippen molar-refractivity contribution in [3.8, 4) is 0 Å². The Kier molecular flexibility index (Phi) is 5.64.